The topological polar surface area (TPSA) is 40.6 Å². The maximum atomic E-state index is 11.9. The zero-order valence-electron chi connectivity index (χ0n) is 10.7. The van der Waals surface area contributed by atoms with Gasteiger partial charge in [-0.1, -0.05) is 0 Å². The molecule has 3 rings (SSSR count). The third-order valence-corrected chi connectivity index (χ3v) is 6.13. The first-order chi connectivity index (χ1) is 8.42. The van der Waals surface area contributed by atoms with Gasteiger partial charge in [0, 0.05) is 17.3 Å². The van der Waals surface area contributed by atoms with E-state index in [1.807, 2.05) is 5.38 Å². The van der Waals surface area contributed by atoms with Crippen molar-refractivity contribution >= 4 is 27.0 Å². The Labute approximate surface area is 112 Å². The van der Waals surface area contributed by atoms with Crippen LogP contribution in [0, 0.1) is 0 Å². The fourth-order valence-electron chi connectivity index (χ4n) is 3.10. The Bertz CT molecular complexity index is 556. The van der Waals surface area contributed by atoms with Crippen molar-refractivity contribution in [3.05, 3.63) is 16.3 Å². The van der Waals surface area contributed by atoms with Crippen molar-refractivity contribution in [3.63, 3.8) is 0 Å². The molecule has 0 radical (unpaired) electrons. The lowest BCUT2D eigenvalue weighted by Gasteiger charge is -2.38. The molecule has 3 heterocycles. The number of hydrogen-bond acceptors (Lipinski definition) is 4. The van der Waals surface area contributed by atoms with Gasteiger partial charge in [0.25, 0.3) is 0 Å². The van der Waals surface area contributed by atoms with E-state index in [0.29, 0.717) is 6.54 Å². The Morgan fingerprint density at radius 2 is 1.94 bits per heavy atom. The maximum Gasteiger partial charge on any atom is 0.232 e. The highest BCUT2D eigenvalue weighted by Crippen LogP contribution is 2.49. The van der Waals surface area contributed by atoms with Crippen molar-refractivity contribution in [1.29, 1.82) is 0 Å². The monoisotopic (exact) mass is 286 g/mol. The average molecular weight is 286 g/mol. The summed E-state index contributed by atoms with van der Waals surface area (Å²) < 4.78 is 25.4. The zero-order chi connectivity index (χ0) is 13.0. The summed E-state index contributed by atoms with van der Waals surface area (Å²) in [6.45, 7) is 2.73. The van der Waals surface area contributed by atoms with E-state index in [-0.39, 0.29) is 5.41 Å². The first-order valence-corrected chi connectivity index (χ1v) is 8.94. The summed E-state index contributed by atoms with van der Waals surface area (Å²) in [4.78, 5) is 2.32. The number of sulfonamides is 1. The molecule has 2 aliphatic heterocycles. The second-order valence-corrected chi connectivity index (χ2v) is 8.17. The quantitative estimate of drug-likeness (QED) is 0.785. The number of hydrogen-bond donors (Lipinski definition) is 0. The van der Waals surface area contributed by atoms with Crippen molar-refractivity contribution in [3.8, 4) is 0 Å². The standard InChI is InChI=1S/C12H18N2O2S2/c1-13-5-3-12(4-6-13)9-14(18(2,15)16)11-8-17-7-10(11)12/h7-8H,3-6,9H2,1-2H3. The lowest BCUT2D eigenvalue weighted by Crippen LogP contribution is -2.44. The largest absolute Gasteiger partial charge is 0.306 e. The Morgan fingerprint density at radius 3 is 2.56 bits per heavy atom. The fraction of sp³-hybridized carbons (Fsp3) is 0.667. The zero-order valence-corrected chi connectivity index (χ0v) is 12.4. The van der Waals surface area contributed by atoms with Crippen LogP contribution >= 0.6 is 11.3 Å². The lowest BCUT2D eigenvalue weighted by molar-refractivity contribution is 0.198. The van der Waals surface area contributed by atoms with Crippen molar-refractivity contribution in [2.75, 3.05) is 37.2 Å². The van der Waals surface area contributed by atoms with E-state index in [1.54, 1.807) is 15.6 Å². The van der Waals surface area contributed by atoms with Gasteiger partial charge in [0.2, 0.25) is 10.0 Å². The summed E-state index contributed by atoms with van der Waals surface area (Å²) >= 11 is 1.61. The van der Waals surface area contributed by atoms with Crippen LogP contribution in [0.25, 0.3) is 0 Å². The molecule has 1 spiro atoms. The second kappa shape index (κ2) is 3.95. The first-order valence-electron chi connectivity index (χ1n) is 6.15. The van der Waals surface area contributed by atoms with Crippen LogP contribution in [-0.4, -0.2) is 46.3 Å². The molecule has 0 amide bonds. The molecule has 18 heavy (non-hydrogen) atoms. The molecule has 0 aliphatic carbocycles. The van der Waals surface area contributed by atoms with E-state index in [1.165, 1.54) is 11.8 Å². The van der Waals surface area contributed by atoms with E-state index in [0.717, 1.165) is 31.6 Å². The van der Waals surface area contributed by atoms with Crippen LogP contribution in [0.4, 0.5) is 5.69 Å². The molecule has 0 aromatic carbocycles. The van der Waals surface area contributed by atoms with Gasteiger partial charge in [0.1, 0.15) is 0 Å². The average Bonchev–Trinajstić information content (AvgIpc) is 2.84. The van der Waals surface area contributed by atoms with Crippen LogP contribution in [0.3, 0.4) is 0 Å². The number of nitrogens with zero attached hydrogens (tertiary/aromatic N) is 2. The summed E-state index contributed by atoms with van der Waals surface area (Å²) in [5.41, 5.74) is 2.24. The van der Waals surface area contributed by atoms with Gasteiger partial charge in [0.15, 0.2) is 0 Å². The molecule has 4 nitrogen and oxygen atoms in total. The van der Waals surface area contributed by atoms with Crippen LogP contribution in [0.1, 0.15) is 18.4 Å². The minimum atomic E-state index is -3.15. The van der Waals surface area contributed by atoms with Crippen LogP contribution < -0.4 is 4.31 Å². The van der Waals surface area contributed by atoms with E-state index >= 15 is 0 Å². The van der Waals surface area contributed by atoms with Gasteiger partial charge < -0.3 is 4.90 Å². The molecule has 0 saturated carbocycles. The fourth-order valence-corrected chi connectivity index (χ4v) is 5.11. The van der Waals surface area contributed by atoms with Gasteiger partial charge >= 0.3 is 0 Å². The van der Waals surface area contributed by atoms with E-state index in [9.17, 15) is 8.42 Å². The van der Waals surface area contributed by atoms with Crippen molar-refractivity contribution < 1.29 is 8.42 Å². The highest BCUT2D eigenvalue weighted by molar-refractivity contribution is 7.92. The van der Waals surface area contributed by atoms with Crippen LogP contribution in [0.5, 0.6) is 0 Å². The highest BCUT2D eigenvalue weighted by Gasteiger charge is 2.47. The van der Waals surface area contributed by atoms with Gasteiger partial charge in [0.05, 0.1) is 11.9 Å². The molecule has 0 unspecified atom stereocenters. The Balaban J connectivity index is 2.02. The molecule has 2 aliphatic rings. The normalized spacial score (nSPS) is 23.6. The minimum absolute atomic E-state index is 0.0604. The van der Waals surface area contributed by atoms with Gasteiger partial charge in [-0.3, -0.25) is 4.31 Å². The van der Waals surface area contributed by atoms with Crippen LogP contribution in [0.15, 0.2) is 10.8 Å². The summed E-state index contributed by atoms with van der Waals surface area (Å²) in [7, 11) is -1.02. The van der Waals surface area contributed by atoms with Crippen LogP contribution in [-0.2, 0) is 15.4 Å². The van der Waals surface area contributed by atoms with E-state index in [2.05, 4.69) is 17.3 Å². The molecule has 1 saturated heterocycles. The van der Waals surface area contributed by atoms with Crippen molar-refractivity contribution in [1.82, 2.24) is 4.90 Å². The number of thiophene rings is 1. The maximum absolute atomic E-state index is 11.9. The third-order valence-electron chi connectivity index (χ3n) is 4.27. The number of rotatable bonds is 1. The van der Waals surface area contributed by atoms with Gasteiger partial charge in [-0.05, 0) is 43.9 Å². The van der Waals surface area contributed by atoms with Crippen LogP contribution in [0.2, 0.25) is 0 Å². The molecule has 0 bridgehead atoms. The third kappa shape index (κ3) is 1.78. The van der Waals surface area contributed by atoms with E-state index < -0.39 is 10.0 Å². The first kappa shape index (κ1) is 12.4. The Hall–Kier alpha value is -0.590. The predicted molar refractivity (Wildman–Crippen MR) is 74.9 cm³/mol. The summed E-state index contributed by atoms with van der Waals surface area (Å²) in [5, 5.41) is 4.12. The summed E-state index contributed by atoms with van der Waals surface area (Å²) in [5.74, 6) is 0. The van der Waals surface area contributed by atoms with Crippen molar-refractivity contribution in [2.45, 2.75) is 18.3 Å². The highest BCUT2D eigenvalue weighted by atomic mass is 32.2. The van der Waals surface area contributed by atoms with Gasteiger partial charge in [-0.15, -0.1) is 11.3 Å². The van der Waals surface area contributed by atoms with Gasteiger partial charge in [-0.25, -0.2) is 8.42 Å². The molecular formula is C12H18N2O2S2. The SMILES string of the molecule is CN1CCC2(CC1)CN(S(C)(=O)=O)c1cscc12. The molecule has 0 atom stereocenters. The molecule has 0 N–H and O–H groups in total. The Kier molecular flexibility index (Phi) is 2.73. The molecule has 6 heteroatoms. The van der Waals surface area contributed by atoms with E-state index in [4.69, 9.17) is 0 Å². The minimum Gasteiger partial charge on any atom is -0.306 e. The number of anilines is 1. The molecule has 1 fully saturated rings. The predicted octanol–water partition coefficient (Wildman–Crippen LogP) is 1.49. The molecular weight excluding hydrogens is 268 g/mol. The van der Waals surface area contributed by atoms with Gasteiger partial charge in [-0.2, -0.15) is 0 Å². The smallest absolute Gasteiger partial charge is 0.232 e. The molecule has 100 valence electrons. The van der Waals surface area contributed by atoms with Crippen molar-refractivity contribution in [2.24, 2.45) is 0 Å². The number of piperidine rings is 1. The summed E-state index contributed by atoms with van der Waals surface area (Å²) in [6.07, 6.45) is 3.42. The number of fused-ring (bicyclic) bond motifs is 2. The lowest BCUT2D eigenvalue weighted by atomic mass is 9.75. The number of likely N-dealkylation sites (tertiary alicyclic amines) is 1. The Morgan fingerprint density at radius 1 is 1.28 bits per heavy atom. The molecule has 1 aromatic rings. The second-order valence-electron chi connectivity index (χ2n) is 5.52. The molecule has 1 aromatic heterocycles. The summed E-state index contributed by atoms with van der Waals surface area (Å²) in [6, 6.07) is 0.